The third-order valence-electron chi connectivity index (χ3n) is 3.50. The van der Waals surface area contributed by atoms with Crippen molar-refractivity contribution < 1.29 is 9.84 Å². The van der Waals surface area contributed by atoms with Crippen molar-refractivity contribution in [3.8, 4) is 5.75 Å². The molecule has 0 spiro atoms. The van der Waals surface area contributed by atoms with Gasteiger partial charge in [-0.25, -0.2) is 0 Å². The van der Waals surface area contributed by atoms with Gasteiger partial charge in [-0.2, -0.15) is 0 Å². The lowest BCUT2D eigenvalue weighted by Crippen LogP contribution is -2.33. The maximum atomic E-state index is 10.4. The van der Waals surface area contributed by atoms with Crippen molar-refractivity contribution in [2.75, 3.05) is 6.54 Å². The number of benzene rings is 1. The molecule has 0 saturated carbocycles. The molecule has 0 aliphatic carbocycles. The topological polar surface area (TPSA) is 55.5 Å². The van der Waals surface area contributed by atoms with Crippen LogP contribution < -0.4 is 10.5 Å². The molecule has 0 fully saturated rings. The van der Waals surface area contributed by atoms with Gasteiger partial charge in [-0.1, -0.05) is 26.0 Å². The van der Waals surface area contributed by atoms with Crippen LogP contribution in [0.15, 0.2) is 24.3 Å². The summed E-state index contributed by atoms with van der Waals surface area (Å²) < 4.78 is 5.58. The van der Waals surface area contributed by atoms with Gasteiger partial charge in [-0.05, 0) is 38.0 Å². The van der Waals surface area contributed by atoms with Crippen molar-refractivity contribution >= 4 is 0 Å². The van der Waals surface area contributed by atoms with Crippen LogP contribution in [0.25, 0.3) is 0 Å². The van der Waals surface area contributed by atoms with E-state index in [1.807, 2.05) is 52.0 Å². The summed E-state index contributed by atoms with van der Waals surface area (Å²) in [5.41, 5.74) is 6.38. The van der Waals surface area contributed by atoms with Crippen molar-refractivity contribution in [2.24, 2.45) is 11.1 Å². The predicted octanol–water partition coefficient (Wildman–Crippen LogP) is 2.88. The molecule has 18 heavy (non-hydrogen) atoms. The molecule has 0 aliphatic rings. The molecule has 1 rings (SSSR count). The first-order chi connectivity index (χ1) is 8.42. The molecule has 0 bridgehead atoms. The van der Waals surface area contributed by atoms with Gasteiger partial charge in [0.05, 0.1) is 12.2 Å². The minimum atomic E-state index is -0.541. The maximum absolute atomic E-state index is 10.4. The normalized spacial score (nSPS) is 16.4. The smallest absolute Gasteiger partial charge is 0.119 e. The van der Waals surface area contributed by atoms with Crippen LogP contribution in [0.4, 0.5) is 0 Å². The lowest BCUT2D eigenvalue weighted by Gasteiger charge is -2.32. The zero-order valence-corrected chi connectivity index (χ0v) is 11.8. The van der Waals surface area contributed by atoms with Crippen molar-refractivity contribution in [3.63, 3.8) is 0 Å². The number of ether oxygens (including phenoxy) is 1. The number of aliphatic hydroxyl groups is 1. The van der Waals surface area contributed by atoms with Gasteiger partial charge in [0.25, 0.3) is 0 Å². The van der Waals surface area contributed by atoms with Crippen LogP contribution >= 0.6 is 0 Å². The third-order valence-corrected chi connectivity index (χ3v) is 3.50. The standard InChI is InChI=1S/C15H25NO2/c1-5-15(4,10-16)14(17)12-6-8-13(9-7-12)18-11(2)3/h6-9,11,14,17H,5,10,16H2,1-4H3. The number of rotatable bonds is 6. The molecule has 3 nitrogen and oxygen atoms in total. The fraction of sp³-hybridized carbons (Fsp3) is 0.600. The molecule has 2 unspecified atom stereocenters. The molecule has 2 atom stereocenters. The number of nitrogens with two attached hydrogens (primary N) is 1. The summed E-state index contributed by atoms with van der Waals surface area (Å²) in [7, 11) is 0. The highest BCUT2D eigenvalue weighted by Crippen LogP contribution is 2.36. The van der Waals surface area contributed by atoms with Gasteiger partial charge in [0.2, 0.25) is 0 Å². The summed E-state index contributed by atoms with van der Waals surface area (Å²) in [5, 5.41) is 10.4. The average molecular weight is 251 g/mol. The second kappa shape index (κ2) is 6.21. The molecule has 3 heteroatoms. The highest BCUT2D eigenvalue weighted by atomic mass is 16.5. The summed E-state index contributed by atoms with van der Waals surface area (Å²) in [5.74, 6) is 0.826. The Balaban J connectivity index is 2.84. The van der Waals surface area contributed by atoms with Gasteiger partial charge >= 0.3 is 0 Å². The van der Waals surface area contributed by atoms with E-state index in [0.717, 1.165) is 17.7 Å². The van der Waals surface area contributed by atoms with Crippen molar-refractivity contribution in [1.29, 1.82) is 0 Å². The van der Waals surface area contributed by atoms with Gasteiger partial charge in [0.15, 0.2) is 0 Å². The van der Waals surface area contributed by atoms with Crippen LogP contribution in [-0.2, 0) is 0 Å². The minimum Gasteiger partial charge on any atom is -0.491 e. The van der Waals surface area contributed by atoms with Gasteiger partial charge in [0.1, 0.15) is 5.75 Å². The second-order valence-electron chi connectivity index (χ2n) is 5.35. The van der Waals surface area contributed by atoms with Gasteiger partial charge in [0, 0.05) is 12.0 Å². The molecule has 0 heterocycles. The minimum absolute atomic E-state index is 0.158. The van der Waals surface area contributed by atoms with Gasteiger partial charge in [-0.15, -0.1) is 0 Å². The molecule has 102 valence electrons. The lowest BCUT2D eigenvalue weighted by atomic mass is 9.78. The Morgan fingerprint density at radius 2 is 1.83 bits per heavy atom. The Labute approximate surface area is 110 Å². The van der Waals surface area contributed by atoms with E-state index in [1.54, 1.807) is 0 Å². The lowest BCUT2D eigenvalue weighted by molar-refractivity contribution is 0.0391. The van der Waals surface area contributed by atoms with Crippen molar-refractivity contribution in [2.45, 2.75) is 46.3 Å². The first kappa shape index (κ1) is 15.0. The highest BCUT2D eigenvalue weighted by Gasteiger charge is 2.30. The first-order valence-electron chi connectivity index (χ1n) is 6.57. The molecule has 0 radical (unpaired) electrons. The molecule has 0 aliphatic heterocycles. The Hall–Kier alpha value is -1.06. The van der Waals surface area contributed by atoms with E-state index in [4.69, 9.17) is 10.5 Å². The third kappa shape index (κ3) is 3.47. The first-order valence-corrected chi connectivity index (χ1v) is 6.57. The fourth-order valence-electron chi connectivity index (χ4n) is 1.85. The maximum Gasteiger partial charge on any atom is 0.119 e. The zero-order valence-electron chi connectivity index (χ0n) is 11.8. The van der Waals surface area contributed by atoms with E-state index in [1.165, 1.54) is 0 Å². The summed E-state index contributed by atoms with van der Waals surface area (Å²) in [6, 6.07) is 7.61. The van der Waals surface area contributed by atoms with E-state index >= 15 is 0 Å². The molecule has 0 saturated heterocycles. The van der Waals surface area contributed by atoms with E-state index in [-0.39, 0.29) is 11.5 Å². The van der Waals surface area contributed by atoms with Crippen molar-refractivity contribution in [3.05, 3.63) is 29.8 Å². The van der Waals surface area contributed by atoms with Gasteiger partial charge < -0.3 is 15.6 Å². The summed E-state index contributed by atoms with van der Waals surface area (Å²) >= 11 is 0. The Morgan fingerprint density at radius 1 is 1.28 bits per heavy atom. The zero-order chi connectivity index (χ0) is 13.8. The SMILES string of the molecule is CCC(C)(CN)C(O)c1ccc(OC(C)C)cc1. The monoisotopic (exact) mass is 251 g/mol. The quantitative estimate of drug-likeness (QED) is 0.817. The Kier molecular flexibility index (Phi) is 5.17. The number of aliphatic hydroxyl groups excluding tert-OH is 1. The van der Waals surface area contributed by atoms with Crippen LogP contribution in [0.1, 0.15) is 45.8 Å². The molecule has 1 aromatic carbocycles. The summed E-state index contributed by atoms with van der Waals surface area (Å²) in [6.45, 7) is 8.51. The average Bonchev–Trinajstić information content (AvgIpc) is 2.37. The van der Waals surface area contributed by atoms with Crippen LogP contribution in [-0.4, -0.2) is 17.8 Å². The van der Waals surface area contributed by atoms with Crippen molar-refractivity contribution in [1.82, 2.24) is 0 Å². The summed E-state index contributed by atoms with van der Waals surface area (Å²) in [6.07, 6.45) is 0.459. The largest absolute Gasteiger partial charge is 0.491 e. The van der Waals surface area contributed by atoms with E-state index in [2.05, 4.69) is 0 Å². The molecule has 1 aromatic rings. The fourth-order valence-corrected chi connectivity index (χ4v) is 1.85. The predicted molar refractivity (Wildman–Crippen MR) is 74.6 cm³/mol. The molecule has 0 aromatic heterocycles. The van der Waals surface area contributed by atoms with Crippen LogP contribution in [0.3, 0.4) is 0 Å². The van der Waals surface area contributed by atoms with Crippen LogP contribution in [0.2, 0.25) is 0 Å². The Morgan fingerprint density at radius 3 is 2.22 bits per heavy atom. The molecule has 3 N–H and O–H groups in total. The second-order valence-corrected chi connectivity index (χ2v) is 5.35. The molecule has 0 amide bonds. The Bertz CT molecular complexity index is 355. The molecular weight excluding hydrogens is 226 g/mol. The molecular formula is C15H25NO2. The number of hydrogen-bond acceptors (Lipinski definition) is 3. The summed E-state index contributed by atoms with van der Waals surface area (Å²) in [4.78, 5) is 0. The van der Waals surface area contributed by atoms with Crippen LogP contribution in [0, 0.1) is 5.41 Å². The van der Waals surface area contributed by atoms with E-state index in [0.29, 0.717) is 6.54 Å². The van der Waals surface area contributed by atoms with Crippen LogP contribution in [0.5, 0.6) is 5.75 Å². The van der Waals surface area contributed by atoms with E-state index < -0.39 is 6.10 Å². The number of hydrogen-bond donors (Lipinski definition) is 2. The highest BCUT2D eigenvalue weighted by molar-refractivity contribution is 5.29. The van der Waals surface area contributed by atoms with Gasteiger partial charge in [-0.3, -0.25) is 0 Å². The van der Waals surface area contributed by atoms with E-state index in [9.17, 15) is 5.11 Å².